The van der Waals surface area contributed by atoms with E-state index in [1.165, 1.54) is 6.26 Å². The van der Waals surface area contributed by atoms with Crippen molar-refractivity contribution in [2.24, 2.45) is 0 Å². The molecule has 0 radical (unpaired) electrons. The van der Waals surface area contributed by atoms with E-state index >= 15 is 0 Å². The Morgan fingerprint density at radius 3 is 3.00 bits per heavy atom. The first-order valence-corrected chi connectivity index (χ1v) is 4.30. The molecule has 0 rings (SSSR count). The van der Waals surface area contributed by atoms with E-state index in [0.717, 1.165) is 12.8 Å². The van der Waals surface area contributed by atoms with Crippen LogP contribution in [-0.2, 0) is 9.53 Å². The zero-order valence-corrected chi connectivity index (χ0v) is 7.64. The van der Waals surface area contributed by atoms with Gasteiger partial charge in [0.2, 0.25) is 5.91 Å². The van der Waals surface area contributed by atoms with Crippen molar-refractivity contribution in [1.29, 1.82) is 0 Å². The Labute approximate surface area is 73.8 Å². The average Bonchev–Trinajstić information content (AvgIpc) is 2.05. The minimum Gasteiger partial charge on any atom is -0.502 e. The van der Waals surface area contributed by atoms with Crippen molar-refractivity contribution in [1.82, 2.24) is 5.32 Å². The third-order valence-corrected chi connectivity index (χ3v) is 1.36. The molecule has 1 amide bonds. The predicted molar refractivity (Wildman–Crippen MR) is 48.7 cm³/mol. The molecule has 0 aromatic rings. The van der Waals surface area contributed by atoms with Crippen LogP contribution in [0.25, 0.3) is 0 Å². The predicted octanol–water partition coefficient (Wildman–Crippen LogP) is 1.45. The van der Waals surface area contributed by atoms with Crippen LogP contribution in [0, 0.1) is 0 Å². The van der Waals surface area contributed by atoms with Crippen molar-refractivity contribution in [2.45, 2.75) is 26.2 Å². The molecule has 3 heteroatoms. The molecule has 0 aromatic heterocycles. The van der Waals surface area contributed by atoms with Crippen LogP contribution in [0.15, 0.2) is 12.8 Å². The zero-order chi connectivity index (χ0) is 9.23. The summed E-state index contributed by atoms with van der Waals surface area (Å²) in [4.78, 5) is 10.9. The maximum absolute atomic E-state index is 10.9. The van der Waals surface area contributed by atoms with Gasteiger partial charge in [-0.3, -0.25) is 4.79 Å². The Kier molecular flexibility index (Phi) is 7.44. The third-order valence-electron chi connectivity index (χ3n) is 1.36. The lowest BCUT2D eigenvalue weighted by molar-refractivity contribution is -0.121. The molecule has 3 nitrogen and oxygen atoms in total. The fraction of sp³-hybridized carbons (Fsp3) is 0.667. The monoisotopic (exact) mass is 171 g/mol. The standard InChI is InChI=1S/C9H17NO2/c1-3-6-9(11)10-7-5-8-12-4-2/h4H,2-3,5-8H2,1H3,(H,10,11). The molecule has 70 valence electrons. The molecule has 0 saturated heterocycles. The minimum absolute atomic E-state index is 0.121. The van der Waals surface area contributed by atoms with Crippen molar-refractivity contribution < 1.29 is 9.53 Å². The first-order chi connectivity index (χ1) is 5.81. The highest BCUT2D eigenvalue weighted by molar-refractivity contribution is 5.75. The van der Waals surface area contributed by atoms with Crippen LogP contribution in [0.4, 0.5) is 0 Å². The lowest BCUT2D eigenvalue weighted by Crippen LogP contribution is -2.24. The quantitative estimate of drug-likeness (QED) is 0.465. The lowest BCUT2D eigenvalue weighted by Gasteiger charge is -2.03. The van der Waals surface area contributed by atoms with E-state index in [9.17, 15) is 4.79 Å². The summed E-state index contributed by atoms with van der Waals surface area (Å²) in [5.41, 5.74) is 0. The van der Waals surface area contributed by atoms with Crippen LogP contribution in [0.1, 0.15) is 26.2 Å². The Hall–Kier alpha value is -0.990. The van der Waals surface area contributed by atoms with Crippen molar-refractivity contribution in [3.8, 4) is 0 Å². The van der Waals surface area contributed by atoms with Crippen LogP contribution in [0.5, 0.6) is 0 Å². The molecule has 0 saturated carbocycles. The smallest absolute Gasteiger partial charge is 0.219 e. The van der Waals surface area contributed by atoms with E-state index in [1.54, 1.807) is 0 Å². The highest BCUT2D eigenvalue weighted by atomic mass is 16.5. The number of nitrogens with one attached hydrogen (secondary N) is 1. The van der Waals surface area contributed by atoms with Gasteiger partial charge in [0.25, 0.3) is 0 Å². The molecular formula is C9H17NO2. The maximum Gasteiger partial charge on any atom is 0.219 e. The van der Waals surface area contributed by atoms with Gasteiger partial charge >= 0.3 is 0 Å². The highest BCUT2D eigenvalue weighted by Gasteiger charge is 1.96. The fourth-order valence-electron chi connectivity index (χ4n) is 0.782. The number of hydrogen-bond donors (Lipinski definition) is 1. The second-order valence-corrected chi connectivity index (χ2v) is 2.49. The number of rotatable bonds is 7. The minimum atomic E-state index is 0.121. The van der Waals surface area contributed by atoms with Crippen LogP contribution in [0.3, 0.4) is 0 Å². The van der Waals surface area contributed by atoms with E-state index in [4.69, 9.17) is 4.74 Å². The molecule has 0 fully saturated rings. The van der Waals surface area contributed by atoms with Gasteiger partial charge in [-0.15, -0.1) is 0 Å². The topological polar surface area (TPSA) is 38.3 Å². The van der Waals surface area contributed by atoms with Gasteiger partial charge in [-0.1, -0.05) is 13.5 Å². The Balaban J connectivity index is 3.08. The molecule has 0 aliphatic carbocycles. The fourth-order valence-corrected chi connectivity index (χ4v) is 0.782. The summed E-state index contributed by atoms with van der Waals surface area (Å²) >= 11 is 0. The van der Waals surface area contributed by atoms with E-state index in [2.05, 4.69) is 11.9 Å². The van der Waals surface area contributed by atoms with Gasteiger partial charge in [-0.05, 0) is 12.8 Å². The van der Waals surface area contributed by atoms with Gasteiger partial charge < -0.3 is 10.1 Å². The third kappa shape index (κ3) is 7.12. The molecule has 0 unspecified atom stereocenters. The molecule has 12 heavy (non-hydrogen) atoms. The van der Waals surface area contributed by atoms with E-state index in [0.29, 0.717) is 19.6 Å². The number of hydrogen-bond acceptors (Lipinski definition) is 2. The summed E-state index contributed by atoms with van der Waals surface area (Å²) in [5, 5.41) is 2.79. The Morgan fingerprint density at radius 1 is 1.67 bits per heavy atom. The first-order valence-electron chi connectivity index (χ1n) is 4.30. The molecule has 0 heterocycles. The average molecular weight is 171 g/mol. The number of ether oxygens (including phenoxy) is 1. The van der Waals surface area contributed by atoms with Crippen molar-refractivity contribution in [2.75, 3.05) is 13.2 Å². The van der Waals surface area contributed by atoms with E-state index in [-0.39, 0.29) is 5.91 Å². The molecular weight excluding hydrogens is 154 g/mol. The molecule has 0 aromatic carbocycles. The molecule has 0 bridgehead atoms. The largest absolute Gasteiger partial charge is 0.502 e. The lowest BCUT2D eigenvalue weighted by atomic mass is 10.3. The van der Waals surface area contributed by atoms with Gasteiger partial charge in [-0.25, -0.2) is 0 Å². The summed E-state index contributed by atoms with van der Waals surface area (Å²) in [6.45, 7) is 6.71. The summed E-state index contributed by atoms with van der Waals surface area (Å²) in [7, 11) is 0. The first kappa shape index (κ1) is 11.0. The van der Waals surface area contributed by atoms with Gasteiger partial charge in [0.1, 0.15) is 0 Å². The normalized spacial score (nSPS) is 9.08. The van der Waals surface area contributed by atoms with E-state index < -0.39 is 0 Å². The SMILES string of the molecule is C=COCCCNC(=O)CCC. The van der Waals surface area contributed by atoms with Crippen molar-refractivity contribution in [3.05, 3.63) is 12.8 Å². The highest BCUT2D eigenvalue weighted by Crippen LogP contribution is 1.86. The molecule has 0 atom stereocenters. The van der Waals surface area contributed by atoms with Crippen LogP contribution in [-0.4, -0.2) is 19.1 Å². The van der Waals surface area contributed by atoms with Gasteiger partial charge in [-0.2, -0.15) is 0 Å². The van der Waals surface area contributed by atoms with Crippen LogP contribution in [0.2, 0.25) is 0 Å². The molecule has 0 aliphatic heterocycles. The maximum atomic E-state index is 10.9. The van der Waals surface area contributed by atoms with Crippen LogP contribution < -0.4 is 5.32 Å². The molecule has 1 N–H and O–H groups in total. The van der Waals surface area contributed by atoms with Gasteiger partial charge in [0.05, 0.1) is 12.9 Å². The summed E-state index contributed by atoms with van der Waals surface area (Å²) in [6, 6.07) is 0. The summed E-state index contributed by atoms with van der Waals surface area (Å²) < 4.78 is 4.89. The summed E-state index contributed by atoms with van der Waals surface area (Å²) in [5.74, 6) is 0.121. The Morgan fingerprint density at radius 2 is 2.42 bits per heavy atom. The second-order valence-electron chi connectivity index (χ2n) is 2.49. The Bertz CT molecular complexity index is 134. The number of carbonyl (C=O) groups is 1. The van der Waals surface area contributed by atoms with Gasteiger partial charge in [0.15, 0.2) is 0 Å². The number of carbonyl (C=O) groups excluding carboxylic acids is 1. The molecule has 0 aliphatic rings. The van der Waals surface area contributed by atoms with E-state index in [1.807, 2.05) is 6.92 Å². The van der Waals surface area contributed by atoms with Crippen molar-refractivity contribution in [3.63, 3.8) is 0 Å². The second kappa shape index (κ2) is 8.11. The summed E-state index contributed by atoms with van der Waals surface area (Å²) in [6.07, 6.45) is 3.76. The van der Waals surface area contributed by atoms with Crippen LogP contribution >= 0.6 is 0 Å². The van der Waals surface area contributed by atoms with Gasteiger partial charge in [0, 0.05) is 13.0 Å². The van der Waals surface area contributed by atoms with Crippen molar-refractivity contribution >= 4 is 5.91 Å². The zero-order valence-electron chi connectivity index (χ0n) is 7.64. The number of amides is 1. The molecule has 0 spiro atoms.